The highest BCUT2D eigenvalue weighted by Gasteiger charge is 2.16. The number of hydrogen-bond donors (Lipinski definition) is 0. The Labute approximate surface area is 153 Å². The quantitative estimate of drug-likeness (QED) is 0.699. The molecule has 0 atom stereocenters. The van der Waals surface area contributed by atoms with Crippen molar-refractivity contribution in [2.75, 3.05) is 37.6 Å². The Balaban J connectivity index is 0.000000730. The number of nitrogens with zero attached hydrogens (tertiary/aromatic N) is 3. The van der Waals surface area contributed by atoms with Gasteiger partial charge >= 0.3 is 0 Å². The lowest BCUT2D eigenvalue weighted by Crippen LogP contribution is -2.46. The molecule has 0 unspecified atom stereocenters. The number of hydrogen-bond acceptors (Lipinski definition) is 4. The second-order valence-electron chi connectivity index (χ2n) is 5.61. The summed E-state index contributed by atoms with van der Waals surface area (Å²) in [7, 11) is 0. The maximum Gasteiger partial charge on any atom is 0.124 e. The summed E-state index contributed by atoms with van der Waals surface area (Å²) in [5, 5.41) is 3.95. The van der Waals surface area contributed by atoms with Gasteiger partial charge in [0.05, 0.1) is 5.69 Å². The summed E-state index contributed by atoms with van der Waals surface area (Å²) in [6, 6.07) is 12.7. The van der Waals surface area contributed by atoms with Gasteiger partial charge in [-0.2, -0.15) is 0 Å². The first-order valence-corrected chi connectivity index (χ1v) is 9.83. The third-order valence-electron chi connectivity index (χ3n) is 4.14. The van der Waals surface area contributed by atoms with E-state index < -0.39 is 0 Å². The van der Waals surface area contributed by atoms with Gasteiger partial charge in [-0.25, -0.2) is 0 Å². The van der Waals surface area contributed by atoms with Gasteiger partial charge in [0, 0.05) is 37.9 Å². The topological polar surface area (TPSA) is 32.5 Å². The van der Waals surface area contributed by atoms with Gasteiger partial charge in [0.1, 0.15) is 6.26 Å². The number of aromatic nitrogens is 1. The van der Waals surface area contributed by atoms with Crippen molar-refractivity contribution >= 4 is 5.69 Å². The number of piperazine rings is 1. The zero-order valence-electron chi connectivity index (χ0n) is 16.4. The molecular formula is C21H35N3O. The summed E-state index contributed by atoms with van der Waals surface area (Å²) < 4.78 is 4.85. The Morgan fingerprint density at radius 3 is 2.16 bits per heavy atom. The molecule has 1 aliphatic rings. The third kappa shape index (κ3) is 7.74. The van der Waals surface area contributed by atoms with E-state index in [0.29, 0.717) is 0 Å². The Hall–Kier alpha value is -1.81. The highest BCUT2D eigenvalue weighted by Crippen LogP contribution is 2.15. The van der Waals surface area contributed by atoms with Crippen LogP contribution in [0.5, 0.6) is 0 Å². The minimum Gasteiger partial charge on any atom is -0.369 e. The van der Waals surface area contributed by atoms with Gasteiger partial charge in [-0.15, -0.1) is 0 Å². The first kappa shape index (κ1) is 21.2. The molecule has 0 radical (unpaired) electrons. The minimum atomic E-state index is 1.03. The van der Waals surface area contributed by atoms with Crippen LogP contribution in [-0.2, 0) is 6.42 Å². The number of para-hydroxylation sites is 1. The molecule has 0 amide bonds. The largest absolute Gasteiger partial charge is 0.369 e. The fourth-order valence-electron chi connectivity index (χ4n) is 2.88. The van der Waals surface area contributed by atoms with E-state index >= 15 is 0 Å². The van der Waals surface area contributed by atoms with Crippen LogP contribution < -0.4 is 4.90 Å². The first-order chi connectivity index (χ1) is 12.4. The van der Waals surface area contributed by atoms with E-state index in [1.807, 2.05) is 33.8 Å². The average Bonchev–Trinajstić information content (AvgIpc) is 3.23. The predicted octanol–water partition coefficient (Wildman–Crippen LogP) is 4.87. The molecule has 4 heteroatoms. The molecule has 0 aliphatic carbocycles. The molecule has 0 spiro atoms. The molecule has 1 fully saturated rings. The van der Waals surface area contributed by atoms with Crippen LogP contribution in [-0.4, -0.2) is 42.8 Å². The molecule has 4 nitrogen and oxygen atoms in total. The number of aryl methyl sites for hydroxylation is 1. The third-order valence-corrected chi connectivity index (χ3v) is 4.14. The summed E-state index contributed by atoms with van der Waals surface area (Å²) in [4.78, 5) is 5.05. The monoisotopic (exact) mass is 345 g/mol. The molecule has 0 N–H and O–H groups in total. The van der Waals surface area contributed by atoms with Crippen LogP contribution in [0.4, 0.5) is 5.69 Å². The summed E-state index contributed by atoms with van der Waals surface area (Å²) in [5.74, 6) is 0. The van der Waals surface area contributed by atoms with Gasteiger partial charge in [-0.3, -0.25) is 4.90 Å². The summed E-state index contributed by atoms with van der Waals surface area (Å²) >= 11 is 0. The maximum atomic E-state index is 4.85. The van der Waals surface area contributed by atoms with Crippen molar-refractivity contribution in [3.63, 3.8) is 0 Å². The van der Waals surface area contributed by atoms with Crippen LogP contribution in [0.2, 0.25) is 0 Å². The van der Waals surface area contributed by atoms with E-state index in [-0.39, 0.29) is 0 Å². The fraction of sp³-hybridized carbons (Fsp3) is 0.571. The summed E-state index contributed by atoms with van der Waals surface area (Å²) in [6.45, 7) is 13.8. The summed E-state index contributed by atoms with van der Waals surface area (Å²) in [6.07, 6.45) is 5.10. The van der Waals surface area contributed by atoms with Crippen LogP contribution in [0.1, 0.15) is 46.2 Å². The van der Waals surface area contributed by atoms with E-state index in [4.69, 9.17) is 4.52 Å². The molecule has 140 valence electrons. The molecule has 2 heterocycles. The lowest BCUT2D eigenvalue weighted by Gasteiger charge is -2.36. The van der Waals surface area contributed by atoms with Crippen molar-refractivity contribution in [1.29, 1.82) is 0 Å². The smallest absolute Gasteiger partial charge is 0.124 e. The number of anilines is 1. The second-order valence-corrected chi connectivity index (χ2v) is 5.61. The van der Waals surface area contributed by atoms with Crippen molar-refractivity contribution in [3.05, 3.63) is 48.4 Å². The lowest BCUT2D eigenvalue weighted by molar-refractivity contribution is 0.253. The van der Waals surface area contributed by atoms with Crippen LogP contribution in [0, 0.1) is 0 Å². The van der Waals surface area contributed by atoms with Crippen LogP contribution in [0.15, 0.2) is 47.2 Å². The number of unbranched alkanes of at least 4 members (excludes halogenated alkanes) is 1. The Morgan fingerprint density at radius 2 is 1.56 bits per heavy atom. The maximum absolute atomic E-state index is 4.85. The van der Waals surface area contributed by atoms with Crippen molar-refractivity contribution < 1.29 is 4.52 Å². The van der Waals surface area contributed by atoms with E-state index in [0.717, 1.165) is 25.2 Å². The first-order valence-electron chi connectivity index (χ1n) is 9.83. The molecule has 25 heavy (non-hydrogen) atoms. The van der Waals surface area contributed by atoms with Crippen molar-refractivity contribution in [1.82, 2.24) is 10.1 Å². The molecular weight excluding hydrogens is 310 g/mol. The zero-order chi connectivity index (χ0) is 18.3. The standard InChI is InChI=1S/C17H23N3O.2C2H6/c1-2-7-17(8-3-1)20-13-11-19(12-14-20)10-5-4-6-16-9-15-21-18-16;2*1-2/h1-3,7-9,15H,4-6,10-14H2;2*1-2H3. The van der Waals surface area contributed by atoms with Gasteiger partial charge in [-0.05, 0) is 37.9 Å². The van der Waals surface area contributed by atoms with Crippen LogP contribution >= 0.6 is 0 Å². The van der Waals surface area contributed by atoms with E-state index in [1.54, 1.807) is 6.26 Å². The molecule has 1 aromatic carbocycles. The van der Waals surface area contributed by atoms with Gasteiger partial charge in [0.25, 0.3) is 0 Å². The number of benzene rings is 1. The zero-order valence-corrected chi connectivity index (χ0v) is 16.4. The van der Waals surface area contributed by atoms with Crippen LogP contribution in [0.25, 0.3) is 0 Å². The molecule has 3 rings (SSSR count). The summed E-state index contributed by atoms with van der Waals surface area (Å²) in [5.41, 5.74) is 2.42. The van der Waals surface area contributed by atoms with E-state index in [2.05, 4.69) is 45.3 Å². The van der Waals surface area contributed by atoms with Crippen molar-refractivity contribution in [2.45, 2.75) is 47.0 Å². The average molecular weight is 346 g/mol. The molecule has 1 aliphatic heterocycles. The lowest BCUT2D eigenvalue weighted by atomic mass is 10.2. The van der Waals surface area contributed by atoms with Crippen LogP contribution in [0.3, 0.4) is 0 Å². The van der Waals surface area contributed by atoms with Gasteiger partial charge < -0.3 is 9.42 Å². The molecule has 2 aromatic rings. The Bertz CT molecular complexity index is 505. The normalized spacial score (nSPS) is 14.2. The second kappa shape index (κ2) is 13.5. The van der Waals surface area contributed by atoms with Gasteiger partial charge in [0.15, 0.2) is 0 Å². The molecule has 0 saturated carbocycles. The van der Waals surface area contributed by atoms with E-state index in [9.17, 15) is 0 Å². The minimum absolute atomic E-state index is 1.03. The molecule has 0 bridgehead atoms. The number of rotatable bonds is 6. The Kier molecular flexibility index (Phi) is 11.4. The van der Waals surface area contributed by atoms with Crippen molar-refractivity contribution in [3.8, 4) is 0 Å². The van der Waals surface area contributed by atoms with Crippen molar-refractivity contribution in [2.24, 2.45) is 0 Å². The van der Waals surface area contributed by atoms with Gasteiger partial charge in [-0.1, -0.05) is 51.1 Å². The fourth-order valence-corrected chi connectivity index (χ4v) is 2.88. The SMILES string of the molecule is CC.CC.c1ccc(N2CCN(CCCCc3ccon3)CC2)cc1. The van der Waals surface area contributed by atoms with Gasteiger partial charge in [0.2, 0.25) is 0 Å². The molecule has 1 saturated heterocycles. The highest BCUT2D eigenvalue weighted by molar-refractivity contribution is 5.46. The Morgan fingerprint density at radius 1 is 0.880 bits per heavy atom. The van der Waals surface area contributed by atoms with E-state index in [1.165, 1.54) is 38.2 Å². The molecule has 1 aromatic heterocycles. The predicted molar refractivity (Wildman–Crippen MR) is 107 cm³/mol. The highest BCUT2D eigenvalue weighted by atomic mass is 16.5.